The van der Waals surface area contributed by atoms with Crippen molar-refractivity contribution in [3.63, 3.8) is 0 Å². The van der Waals surface area contributed by atoms with Gasteiger partial charge in [-0.15, -0.1) is 0 Å². The van der Waals surface area contributed by atoms with Crippen LogP contribution in [0.1, 0.15) is 27.6 Å². The van der Waals surface area contributed by atoms with Gasteiger partial charge in [-0.25, -0.2) is 14.5 Å². The van der Waals surface area contributed by atoms with Crippen molar-refractivity contribution in [3.05, 3.63) is 118 Å². The Morgan fingerprint density at radius 3 is 2.16 bits per heavy atom. The third-order valence-corrected chi connectivity index (χ3v) is 5.19. The van der Waals surface area contributed by atoms with Crippen LogP contribution >= 0.6 is 23.2 Å². The van der Waals surface area contributed by atoms with Gasteiger partial charge in [-0.1, -0.05) is 89.9 Å². The van der Waals surface area contributed by atoms with E-state index in [-0.39, 0.29) is 15.6 Å². The molecule has 31 heavy (non-hydrogen) atoms. The Balaban J connectivity index is 1.82. The Kier molecular flexibility index (Phi) is 6.46. The molecule has 0 fully saturated rings. The van der Waals surface area contributed by atoms with E-state index < -0.39 is 12.1 Å². The summed E-state index contributed by atoms with van der Waals surface area (Å²) in [5, 5.41) is 4.71. The third kappa shape index (κ3) is 4.85. The lowest BCUT2D eigenvalue weighted by Gasteiger charge is -2.22. The topological polar surface area (TPSA) is 57.0 Å². The molecule has 7 heteroatoms. The zero-order chi connectivity index (χ0) is 21.6. The second kappa shape index (κ2) is 9.60. The molecule has 0 aliphatic heterocycles. The van der Waals surface area contributed by atoms with E-state index in [0.717, 1.165) is 11.1 Å². The van der Waals surface area contributed by atoms with Crippen molar-refractivity contribution in [3.8, 4) is 0 Å². The molecule has 0 aliphatic rings. The first-order chi connectivity index (χ1) is 15.1. The first-order valence-electron chi connectivity index (χ1n) is 9.45. The van der Waals surface area contributed by atoms with Gasteiger partial charge in [0.15, 0.2) is 6.10 Å². The van der Waals surface area contributed by atoms with Crippen LogP contribution in [-0.4, -0.2) is 20.7 Å². The number of nitrogens with zero attached hydrogens (tertiary/aromatic N) is 3. The van der Waals surface area contributed by atoms with Crippen molar-refractivity contribution < 1.29 is 9.53 Å². The second-order valence-electron chi connectivity index (χ2n) is 6.61. The number of ether oxygens (including phenoxy) is 1. The van der Waals surface area contributed by atoms with Crippen molar-refractivity contribution in [2.45, 2.75) is 6.10 Å². The highest BCUT2D eigenvalue weighted by molar-refractivity contribution is 6.39. The van der Waals surface area contributed by atoms with E-state index in [4.69, 9.17) is 27.9 Å². The van der Waals surface area contributed by atoms with Crippen LogP contribution in [-0.2, 0) is 4.74 Å². The van der Waals surface area contributed by atoms with Crippen molar-refractivity contribution >= 4 is 40.9 Å². The van der Waals surface area contributed by atoms with Gasteiger partial charge in [0.05, 0.1) is 21.3 Å². The van der Waals surface area contributed by atoms with Crippen LogP contribution in [0.25, 0.3) is 11.8 Å². The van der Waals surface area contributed by atoms with E-state index in [1.807, 2.05) is 66.7 Å². The maximum absolute atomic E-state index is 13.1. The van der Waals surface area contributed by atoms with E-state index in [1.54, 1.807) is 29.2 Å². The number of halogens is 2. The summed E-state index contributed by atoms with van der Waals surface area (Å²) < 4.78 is 7.55. The minimum atomic E-state index is -0.789. The molecule has 0 amide bonds. The fourth-order valence-corrected chi connectivity index (χ4v) is 3.66. The molecule has 1 heterocycles. The monoisotopic (exact) mass is 449 g/mol. The molecule has 0 radical (unpaired) electrons. The van der Waals surface area contributed by atoms with E-state index >= 15 is 0 Å². The highest BCUT2D eigenvalue weighted by Gasteiger charge is 2.26. The van der Waals surface area contributed by atoms with Crippen molar-refractivity contribution in [2.24, 2.45) is 0 Å². The lowest BCUT2D eigenvalue weighted by Crippen LogP contribution is -2.17. The maximum atomic E-state index is 13.1. The van der Waals surface area contributed by atoms with Crippen LogP contribution in [0.5, 0.6) is 0 Å². The Bertz CT molecular complexity index is 1170. The van der Waals surface area contributed by atoms with Crippen molar-refractivity contribution in [2.75, 3.05) is 0 Å². The highest BCUT2D eigenvalue weighted by Crippen LogP contribution is 2.33. The van der Waals surface area contributed by atoms with Crippen molar-refractivity contribution in [1.82, 2.24) is 14.8 Å². The Morgan fingerprint density at radius 2 is 1.55 bits per heavy atom. The standard InChI is InChI=1S/C24H17Cl2N3O2/c25-19-12-7-13-20(26)22(19)24(30)31-23(18-10-5-2-6-11-18)21(29-16-27-15-28-29)14-17-8-3-1-4-9-17/h1-16,23H/b21-14+. The quantitative estimate of drug-likeness (QED) is 0.329. The molecular weight excluding hydrogens is 433 g/mol. The summed E-state index contributed by atoms with van der Waals surface area (Å²) in [6.45, 7) is 0. The fourth-order valence-electron chi connectivity index (χ4n) is 3.11. The van der Waals surface area contributed by atoms with Crippen LogP contribution in [0, 0.1) is 0 Å². The molecule has 0 spiro atoms. The smallest absolute Gasteiger partial charge is 0.342 e. The molecule has 4 aromatic rings. The minimum absolute atomic E-state index is 0.115. The number of rotatable bonds is 6. The molecule has 4 rings (SSSR count). The van der Waals surface area contributed by atoms with Gasteiger partial charge < -0.3 is 4.74 Å². The molecule has 154 valence electrons. The molecule has 3 aromatic carbocycles. The first-order valence-corrected chi connectivity index (χ1v) is 10.2. The van der Waals surface area contributed by atoms with E-state index in [1.165, 1.54) is 6.33 Å². The van der Waals surface area contributed by atoms with Gasteiger partial charge in [-0.2, -0.15) is 5.10 Å². The normalized spacial score (nSPS) is 12.4. The van der Waals surface area contributed by atoms with Gasteiger partial charge in [0.1, 0.15) is 12.7 Å². The Hall–Kier alpha value is -3.41. The van der Waals surface area contributed by atoms with Crippen LogP contribution in [0.3, 0.4) is 0 Å². The van der Waals surface area contributed by atoms with Gasteiger partial charge in [0.25, 0.3) is 0 Å². The summed E-state index contributed by atoms with van der Waals surface area (Å²) in [7, 11) is 0. The predicted molar refractivity (Wildman–Crippen MR) is 122 cm³/mol. The Morgan fingerprint density at radius 1 is 0.903 bits per heavy atom. The number of benzene rings is 3. The van der Waals surface area contributed by atoms with Crippen LogP contribution in [0.2, 0.25) is 10.0 Å². The van der Waals surface area contributed by atoms with Crippen molar-refractivity contribution in [1.29, 1.82) is 0 Å². The molecule has 1 atom stereocenters. The number of carbonyl (C=O) groups excluding carboxylic acids is 1. The van der Waals surface area contributed by atoms with Crippen LogP contribution < -0.4 is 0 Å². The first kappa shape index (κ1) is 20.8. The van der Waals surface area contributed by atoms with E-state index in [9.17, 15) is 4.79 Å². The lowest BCUT2D eigenvalue weighted by atomic mass is 10.0. The summed E-state index contributed by atoms with van der Waals surface area (Å²) in [4.78, 5) is 17.2. The zero-order valence-electron chi connectivity index (χ0n) is 16.2. The van der Waals surface area contributed by atoms with Crippen LogP contribution in [0.15, 0.2) is 91.5 Å². The number of carbonyl (C=O) groups is 1. The summed E-state index contributed by atoms with van der Waals surface area (Å²) >= 11 is 12.5. The summed E-state index contributed by atoms with van der Waals surface area (Å²) in [5.41, 5.74) is 2.40. The SMILES string of the molecule is O=C(OC(/C(=C\c1ccccc1)n1cncn1)c1ccccc1)c1c(Cl)cccc1Cl. The average molecular weight is 450 g/mol. The zero-order valence-corrected chi connectivity index (χ0v) is 17.7. The average Bonchev–Trinajstić information content (AvgIpc) is 3.32. The molecule has 1 aromatic heterocycles. The predicted octanol–water partition coefficient (Wildman–Crippen LogP) is 6.18. The fraction of sp³-hybridized carbons (Fsp3) is 0.0417. The largest absolute Gasteiger partial charge is 0.447 e. The molecule has 0 N–H and O–H groups in total. The number of hydrogen-bond donors (Lipinski definition) is 0. The van der Waals surface area contributed by atoms with Crippen LogP contribution in [0.4, 0.5) is 0 Å². The molecule has 0 aliphatic carbocycles. The number of esters is 1. The second-order valence-corrected chi connectivity index (χ2v) is 7.43. The summed E-state index contributed by atoms with van der Waals surface area (Å²) in [6.07, 6.45) is 4.09. The van der Waals surface area contributed by atoms with E-state index in [0.29, 0.717) is 5.70 Å². The van der Waals surface area contributed by atoms with Gasteiger partial charge in [-0.3, -0.25) is 0 Å². The summed E-state index contributed by atoms with van der Waals surface area (Å²) in [5.74, 6) is -0.636. The van der Waals surface area contributed by atoms with Gasteiger partial charge in [0.2, 0.25) is 0 Å². The molecule has 0 saturated heterocycles. The van der Waals surface area contributed by atoms with Gasteiger partial charge in [-0.05, 0) is 29.3 Å². The molecule has 0 saturated carbocycles. The molecule has 1 unspecified atom stereocenters. The molecule has 5 nitrogen and oxygen atoms in total. The molecular formula is C24H17Cl2N3O2. The maximum Gasteiger partial charge on any atom is 0.342 e. The lowest BCUT2D eigenvalue weighted by molar-refractivity contribution is 0.0400. The third-order valence-electron chi connectivity index (χ3n) is 4.56. The number of aromatic nitrogens is 3. The van der Waals surface area contributed by atoms with Gasteiger partial charge in [0, 0.05) is 0 Å². The highest BCUT2D eigenvalue weighted by atomic mass is 35.5. The Labute approximate surface area is 189 Å². The summed E-state index contributed by atoms with van der Waals surface area (Å²) in [6, 6.07) is 24.0. The van der Waals surface area contributed by atoms with E-state index in [2.05, 4.69) is 10.1 Å². The van der Waals surface area contributed by atoms with Gasteiger partial charge >= 0.3 is 5.97 Å². The number of hydrogen-bond acceptors (Lipinski definition) is 4. The molecule has 0 bridgehead atoms. The minimum Gasteiger partial charge on any atom is -0.447 e.